The van der Waals surface area contributed by atoms with Crippen LogP contribution in [0.2, 0.25) is 0 Å². The van der Waals surface area contributed by atoms with Crippen molar-refractivity contribution in [3.8, 4) is 0 Å². The van der Waals surface area contributed by atoms with Crippen LogP contribution < -0.4 is 10.6 Å². The van der Waals surface area contributed by atoms with Gasteiger partial charge < -0.3 is 20.2 Å². The normalized spacial score (nSPS) is 13.7. The van der Waals surface area contributed by atoms with Crippen molar-refractivity contribution in [3.63, 3.8) is 0 Å². The summed E-state index contributed by atoms with van der Waals surface area (Å²) in [6.07, 6.45) is 3.47. The number of aryl methyl sites for hydroxylation is 1. The van der Waals surface area contributed by atoms with Crippen LogP contribution in [0.15, 0.2) is 22.8 Å². The summed E-state index contributed by atoms with van der Waals surface area (Å²) in [5, 5.41) is 14.3. The van der Waals surface area contributed by atoms with Crippen LogP contribution in [0.25, 0.3) is 0 Å². The van der Waals surface area contributed by atoms with E-state index >= 15 is 0 Å². The number of furan rings is 1. The fourth-order valence-electron chi connectivity index (χ4n) is 2.00. The van der Waals surface area contributed by atoms with Crippen LogP contribution in [0, 0.1) is 5.92 Å². The highest BCUT2D eigenvalue weighted by atomic mass is 16.4. The van der Waals surface area contributed by atoms with Gasteiger partial charge in [0.25, 0.3) is 0 Å². The van der Waals surface area contributed by atoms with Crippen molar-refractivity contribution in [1.29, 1.82) is 0 Å². The van der Waals surface area contributed by atoms with Crippen molar-refractivity contribution in [1.82, 2.24) is 10.6 Å². The predicted molar refractivity (Wildman–Crippen MR) is 79.0 cm³/mol. The smallest absolute Gasteiger partial charge is 0.326 e. The third kappa shape index (κ3) is 6.83. The van der Waals surface area contributed by atoms with E-state index in [9.17, 15) is 9.59 Å². The third-order valence-corrected chi connectivity index (χ3v) is 3.09. The average molecular weight is 296 g/mol. The van der Waals surface area contributed by atoms with Gasteiger partial charge in [0.2, 0.25) is 0 Å². The minimum Gasteiger partial charge on any atom is -0.480 e. The number of carbonyl (C=O) groups excluding carboxylic acids is 1. The first-order valence-corrected chi connectivity index (χ1v) is 7.20. The number of amides is 2. The lowest BCUT2D eigenvalue weighted by atomic mass is 10.0. The molecule has 1 aromatic rings. The van der Waals surface area contributed by atoms with E-state index in [1.165, 1.54) is 0 Å². The second-order valence-electron chi connectivity index (χ2n) is 5.66. The SMILES string of the molecule is CC(C)CC(NC(=O)NC(C)CCc1ccco1)C(=O)O. The molecular weight excluding hydrogens is 272 g/mol. The highest BCUT2D eigenvalue weighted by Gasteiger charge is 2.21. The Morgan fingerprint density at radius 3 is 2.52 bits per heavy atom. The topological polar surface area (TPSA) is 91.6 Å². The number of aliphatic carboxylic acids is 1. The molecule has 1 rings (SSSR count). The molecular formula is C15H24N2O4. The molecule has 0 bridgehead atoms. The lowest BCUT2D eigenvalue weighted by molar-refractivity contribution is -0.139. The Morgan fingerprint density at radius 1 is 1.29 bits per heavy atom. The monoisotopic (exact) mass is 296 g/mol. The van der Waals surface area contributed by atoms with Crippen LogP contribution >= 0.6 is 0 Å². The Balaban J connectivity index is 2.35. The molecule has 0 saturated heterocycles. The van der Waals surface area contributed by atoms with Gasteiger partial charge in [-0.2, -0.15) is 0 Å². The van der Waals surface area contributed by atoms with Gasteiger partial charge in [-0.05, 0) is 37.8 Å². The summed E-state index contributed by atoms with van der Waals surface area (Å²) < 4.78 is 5.22. The van der Waals surface area contributed by atoms with Crippen molar-refractivity contribution in [2.24, 2.45) is 5.92 Å². The van der Waals surface area contributed by atoms with Crippen molar-refractivity contribution in [3.05, 3.63) is 24.2 Å². The highest BCUT2D eigenvalue weighted by molar-refractivity contribution is 5.82. The summed E-state index contributed by atoms with van der Waals surface area (Å²) in [7, 11) is 0. The first kappa shape index (κ1) is 17.1. The summed E-state index contributed by atoms with van der Waals surface area (Å²) in [5.41, 5.74) is 0. The zero-order valence-electron chi connectivity index (χ0n) is 12.8. The molecule has 2 amide bonds. The van der Waals surface area contributed by atoms with Crippen molar-refractivity contribution >= 4 is 12.0 Å². The maximum Gasteiger partial charge on any atom is 0.326 e. The molecule has 118 valence electrons. The minimum absolute atomic E-state index is 0.0661. The molecule has 0 aromatic carbocycles. The maximum atomic E-state index is 11.8. The van der Waals surface area contributed by atoms with Gasteiger partial charge in [-0.15, -0.1) is 0 Å². The van der Waals surface area contributed by atoms with E-state index in [1.54, 1.807) is 6.26 Å². The molecule has 0 fully saturated rings. The van der Waals surface area contributed by atoms with Gasteiger partial charge in [0, 0.05) is 12.5 Å². The molecule has 0 aliphatic heterocycles. The molecule has 1 aromatic heterocycles. The van der Waals surface area contributed by atoms with Gasteiger partial charge >= 0.3 is 12.0 Å². The molecule has 0 saturated carbocycles. The summed E-state index contributed by atoms with van der Waals surface area (Å²) >= 11 is 0. The van der Waals surface area contributed by atoms with Crippen LogP contribution in [0.1, 0.15) is 39.4 Å². The Bertz CT molecular complexity index is 443. The molecule has 21 heavy (non-hydrogen) atoms. The number of carbonyl (C=O) groups is 2. The fourth-order valence-corrected chi connectivity index (χ4v) is 2.00. The van der Waals surface area contributed by atoms with E-state index in [0.29, 0.717) is 6.42 Å². The molecule has 0 aliphatic carbocycles. The quantitative estimate of drug-likeness (QED) is 0.687. The summed E-state index contributed by atoms with van der Waals surface area (Å²) in [6.45, 7) is 5.71. The standard InChI is InChI=1S/C15H24N2O4/c1-10(2)9-13(14(18)19)17-15(20)16-11(3)6-7-12-5-4-8-21-12/h4-5,8,10-11,13H,6-7,9H2,1-3H3,(H,18,19)(H2,16,17,20). The summed E-state index contributed by atoms with van der Waals surface area (Å²) in [6, 6.07) is 2.33. The van der Waals surface area contributed by atoms with Crippen LogP contribution in [0.3, 0.4) is 0 Å². The van der Waals surface area contributed by atoms with Crippen LogP contribution in [-0.4, -0.2) is 29.2 Å². The Labute approximate surface area is 124 Å². The van der Waals surface area contributed by atoms with Gasteiger partial charge in [-0.3, -0.25) is 0 Å². The third-order valence-electron chi connectivity index (χ3n) is 3.09. The Morgan fingerprint density at radius 2 is 2.00 bits per heavy atom. The van der Waals surface area contributed by atoms with E-state index in [4.69, 9.17) is 9.52 Å². The summed E-state index contributed by atoms with van der Waals surface area (Å²) in [4.78, 5) is 22.9. The lowest BCUT2D eigenvalue weighted by Gasteiger charge is -2.19. The highest BCUT2D eigenvalue weighted by Crippen LogP contribution is 2.07. The predicted octanol–water partition coefficient (Wildman–Crippen LogP) is 2.40. The number of carboxylic acid groups (broad SMARTS) is 1. The number of hydrogen-bond donors (Lipinski definition) is 3. The van der Waals surface area contributed by atoms with E-state index < -0.39 is 18.0 Å². The lowest BCUT2D eigenvalue weighted by Crippen LogP contribution is -2.48. The van der Waals surface area contributed by atoms with E-state index in [-0.39, 0.29) is 12.0 Å². The van der Waals surface area contributed by atoms with Gasteiger partial charge in [0.15, 0.2) is 0 Å². The molecule has 1 heterocycles. The van der Waals surface area contributed by atoms with Crippen molar-refractivity contribution < 1.29 is 19.1 Å². The average Bonchev–Trinajstić information content (AvgIpc) is 2.87. The number of hydrogen-bond acceptors (Lipinski definition) is 3. The first-order chi connectivity index (χ1) is 9.88. The van der Waals surface area contributed by atoms with Gasteiger partial charge in [-0.1, -0.05) is 13.8 Å². The molecule has 0 aliphatic rings. The zero-order chi connectivity index (χ0) is 15.8. The van der Waals surface area contributed by atoms with Gasteiger partial charge in [0.05, 0.1) is 6.26 Å². The van der Waals surface area contributed by atoms with Crippen LogP contribution in [0.4, 0.5) is 4.79 Å². The van der Waals surface area contributed by atoms with Crippen LogP contribution in [0.5, 0.6) is 0 Å². The van der Waals surface area contributed by atoms with Crippen molar-refractivity contribution in [2.75, 3.05) is 0 Å². The molecule has 3 N–H and O–H groups in total. The molecule has 6 nitrogen and oxygen atoms in total. The maximum absolute atomic E-state index is 11.8. The number of rotatable bonds is 8. The number of urea groups is 1. The van der Waals surface area contributed by atoms with E-state index in [0.717, 1.165) is 18.6 Å². The molecule has 2 unspecified atom stereocenters. The molecule has 0 spiro atoms. The second kappa shape index (κ2) is 8.34. The Kier molecular flexibility index (Phi) is 6.78. The number of nitrogens with one attached hydrogen (secondary N) is 2. The van der Waals surface area contributed by atoms with E-state index in [1.807, 2.05) is 32.9 Å². The fraction of sp³-hybridized carbons (Fsp3) is 0.600. The molecule has 6 heteroatoms. The van der Waals surface area contributed by atoms with Crippen molar-refractivity contribution in [2.45, 2.75) is 52.1 Å². The molecule has 2 atom stereocenters. The molecule has 0 radical (unpaired) electrons. The summed E-state index contributed by atoms with van der Waals surface area (Å²) in [5.74, 6) is 0.0529. The largest absolute Gasteiger partial charge is 0.480 e. The second-order valence-corrected chi connectivity index (χ2v) is 5.66. The van der Waals surface area contributed by atoms with E-state index in [2.05, 4.69) is 10.6 Å². The first-order valence-electron chi connectivity index (χ1n) is 7.20. The Hall–Kier alpha value is -1.98. The van der Waals surface area contributed by atoms with Gasteiger partial charge in [0.1, 0.15) is 11.8 Å². The van der Waals surface area contributed by atoms with Gasteiger partial charge in [-0.25, -0.2) is 9.59 Å². The minimum atomic E-state index is -1.01. The van der Waals surface area contributed by atoms with Crippen LogP contribution in [-0.2, 0) is 11.2 Å². The zero-order valence-corrected chi connectivity index (χ0v) is 12.8. The number of carboxylic acids is 1.